The van der Waals surface area contributed by atoms with Crippen LogP contribution in [0.2, 0.25) is 0 Å². The fourth-order valence-electron chi connectivity index (χ4n) is 4.67. The van der Waals surface area contributed by atoms with E-state index in [-0.39, 0.29) is 18.1 Å². The van der Waals surface area contributed by atoms with Crippen molar-refractivity contribution in [1.82, 2.24) is 0 Å². The summed E-state index contributed by atoms with van der Waals surface area (Å²) in [4.78, 5) is 12.2. The number of carbonyl (C=O) groups excluding carboxylic acids is 1. The van der Waals surface area contributed by atoms with E-state index in [1.807, 2.05) is 18.9 Å². The van der Waals surface area contributed by atoms with Crippen LogP contribution in [0.3, 0.4) is 0 Å². The highest BCUT2D eigenvalue weighted by Gasteiger charge is 2.70. The molecule has 1 unspecified atom stereocenters. The summed E-state index contributed by atoms with van der Waals surface area (Å²) in [5.74, 6) is 3.04. The zero-order chi connectivity index (χ0) is 20.3. The van der Waals surface area contributed by atoms with Gasteiger partial charge in [0.15, 0.2) is 0 Å². The topological polar surface area (TPSA) is 37.3 Å². The highest BCUT2D eigenvalue weighted by molar-refractivity contribution is 5.84. The van der Waals surface area contributed by atoms with E-state index >= 15 is 0 Å². The quantitative estimate of drug-likeness (QED) is 0.418. The lowest BCUT2D eigenvalue weighted by Gasteiger charge is -2.40. The molecule has 3 rings (SSSR count). The van der Waals surface area contributed by atoms with Gasteiger partial charge in [-0.1, -0.05) is 24.5 Å². The normalized spacial score (nSPS) is 30.3. The number of carbonyl (C=O) groups is 1. The Balaban J connectivity index is 1.84. The number of allylic oxidation sites excluding steroid dienone is 2. The number of hydrogen-bond acceptors (Lipinski definition) is 2. The number of Topliss-reactive ketones (excluding diaryl/α,β-unsaturated/α-hetero) is 1. The third-order valence-electron chi connectivity index (χ3n) is 6.39. The van der Waals surface area contributed by atoms with Crippen molar-refractivity contribution in [2.45, 2.75) is 69.8 Å². The molecule has 150 valence electrons. The van der Waals surface area contributed by atoms with Crippen LogP contribution < -0.4 is 0 Å². The van der Waals surface area contributed by atoms with E-state index in [0.717, 1.165) is 24.3 Å². The summed E-state index contributed by atoms with van der Waals surface area (Å²) >= 11 is 0. The van der Waals surface area contributed by atoms with Gasteiger partial charge in [-0.15, -0.1) is 0 Å². The van der Waals surface area contributed by atoms with Crippen LogP contribution in [0.4, 0.5) is 26.3 Å². The standard InChI is InChI=1S/C19H20F6O2/c1-15-7-2-4-13(26)12(15)5-6-14(15)16(10-11-16)8-3-9-17(27,18(20,21)22)19(23,24)25/h6,12,27H,2,4-5,7-8,10-11H2,1H3/t12?,15-/m0/s1. The molecule has 0 aliphatic heterocycles. The van der Waals surface area contributed by atoms with Crippen LogP contribution in [0.15, 0.2) is 11.6 Å². The van der Waals surface area contributed by atoms with E-state index in [1.54, 1.807) is 0 Å². The van der Waals surface area contributed by atoms with E-state index in [2.05, 4.69) is 0 Å². The molecular weight excluding hydrogens is 374 g/mol. The van der Waals surface area contributed by atoms with Crippen molar-refractivity contribution < 1.29 is 36.2 Å². The first-order valence-electron chi connectivity index (χ1n) is 8.87. The minimum absolute atomic E-state index is 0.158. The van der Waals surface area contributed by atoms with E-state index in [1.165, 1.54) is 0 Å². The van der Waals surface area contributed by atoms with Crippen molar-refractivity contribution in [3.8, 4) is 11.8 Å². The molecule has 2 nitrogen and oxygen atoms in total. The Morgan fingerprint density at radius 2 is 1.74 bits per heavy atom. The second kappa shape index (κ2) is 6.00. The first-order chi connectivity index (χ1) is 12.3. The third-order valence-corrected chi connectivity index (χ3v) is 6.39. The number of halogens is 6. The van der Waals surface area contributed by atoms with Gasteiger partial charge in [0.2, 0.25) is 0 Å². The maximum absolute atomic E-state index is 12.7. The van der Waals surface area contributed by atoms with Crippen molar-refractivity contribution in [2.24, 2.45) is 16.7 Å². The summed E-state index contributed by atoms with van der Waals surface area (Å²) in [5.41, 5.74) is -5.05. The summed E-state index contributed by atoms with van der Waals surface area (Å²) in [5, 5.41) is 9.16. The van der Waals surface area contributed by atoms with Gasteiger partial charge in [-0.3, -0.25) is 4.79 Å². The molecule has 27 heavy (non-hydrogen) atoms. The molecule has 2 fully saturated rings. The summed E-state index contributed by atoms with van der Waals surface area (Å²) in [6.07, 6.45) is -6.32. The Bertz CT molecular complexity index is 718. The van der Waals surface area contributed by atoms with Crippen LogP contribution in [0.1, 0.15) is 51.9 Å². The van der Waals surface area contributed by atoms with Gasteiger partial charge in [-0.2, -0.15) is 26.3 Å². The van der Waals surface area contributed by atoms with Crippen molar-refractivity contribution in [1.29, 1.82) is 0 Å². The van der Waals surface area contributed by atoms with Crippen molar-refractivity contribution in [2.75, 3.05) is 0 Å². The maximum Gasteiger partial charge on any atom is 0.438 e. The van der Waals surface area contributed by atoms with Gasteiger partial charge < -0.3 is 5.11 Å². The molecule has 0 aromatic rings. The summed E-state index contributed by atoms with van der Waals surface area (Å²) in [6.45, 7) is 1.96. The molecular formula is C19H20F6O2. The van der Waals surface area contributed by atoms with Gasteiger partial charge in [0.05, 0.1) is 0 Å². The molecule has 3 aliphatic rings. The summed E-state index contributed by atoms with van der Waals surface area (Å²) in [7, 11) is 0. The lowest BCUT2D eigenvalue weighted by Crippen LogP contribution is -2.55. The second-order valence-corrected chi connectivity index (χ2v) is 8.11. The molecule has 3 aliphatic carbocycles. The lowest BCUT2D eigenvalue weighted by molar-refractivity contribution is -0.343. The third kappa shape index (κ3) is 3.08. The van der Waals surface area contributed by atoms with Crippen molar-refractivity contribution >= 4 is 5.78 Å². The fourth-order valence-corrected chi connectivity index (χ4v) is 4.67. The largest absolute Gasteiger partial charge is 0.438 e. The number of ketones is 1. The summed E-state index contributed by atoms with van der Waals surface area (Å²) < 4.78 is 76.4. The van der Waals surface area contributed by atoms with E-state index in [4.69, 9.17) is 5.11 Å². The van der Waals surface area contributed by atoms with Gasteiger partial charge in [-0.05, 0) is 43.4 Å². The Labute approximate surface area is 153 Å². The van der Waals surface area contributed by atoms with Gasteiger partial charge >= 0.3 is 18.0 Å². The number of aliphatic hydroxyl groups is 1. The van der Waals surface area contributed by atoms with Crippen LogP contribution in [0.25, 0.3) is 0 Å². The minimum atomic E-state index is -5.94. The van der Waals surface area contributed by atoms with E-state index in [0.29, 0.717) is 25.7 Å². The average molecular weight is 394 g/mol. The number of rotatable bonds is 2. The maximum atomic E-state index is 12.7. The Hall–Kier alpha value is -1.49. The average Bonchev–Trinajstić information content (AvgIpc) is 3.19. The molecule has 8 heteroatoms. The van der Waals surface area contributed by atoms with Crippen molar-refractivity contribution in [3.63, 3.8) is 0 Å². The van der Waals surface area contributed by atoms with Crippen molar-refractivity contribution in [3.05, 3.63) is 11.6 Å². The van der Waals surface area contributed by atoms with E-state index < -0.39 is 28.8 Å². The lowest BCUT2D eigenvalue weighted by atomic mass is 9.62. The first-order valence-corrected chi connectivity index (χ1v) is 8.87. The van der Waals surface area contributed by atoms with Crippen LogP contribution in [-0.4, -0.2) is 28.8 Å². The van der Waals surface area contributed by atoms with Gasteiger partial charge in [0, 0.05) is 24.2 Å². The molecule has 0 radical (unpaired) electrons. The fraction of sp³-hybridized carbons (Fsp3) is 0.737. The Kier molecular flexibility index (Phi) is 4.50. The second-order valence-electron chi connectivity index (χ2n) is 8.11. The highest BCUT2D eigenvalue weighted by Crippen LogP contribution is 2.66. The smallest absolute Gasteiger partial charge is 0.363 e. The zero-order valence-corrected chi connectivity index (χ0v) is 14.7. The monoisotopic (exact) mass is 394 g/mol. The van der Waals surface area contributed by atoms with Gasteiger partial charge in [0.1, 0.15) is 5.78 Å². The summed E-state index contributed by atoms with van der Waals surface area (Å²) in [6, 6.07) is 0. The van der Waals surface area contributed by atoms with Gasteiger partial charge in [0.25, 0.3) is 0 Å². The number of fused-ring (bicyclic) bond motifs is 1. The predicted octanol–water partition coefficient (Wildman–Crippen LogP) is 4.72. The minimum Gasteiger partial charge on any atom is -0.363 e. The molecule has 0 spiro atoms. The molecule has 0 bridgehead atoms. The molecule has 2 atom stereocenters. The predicted molar refractivity (Wildman–Crippen MR) is 84.3 cm³/mol. The number of hydrogen-bond donors (Lipinski definition) is 1. The molecule has 0 aromatic carbocycles. The molecule has 0 aromatic heterocycles. The van der Waals surface area contributed by atoms with Crippen LogP contribution in [0, 0.1) is 28.6 Å². The molecule has 0 saturated heterocycles. The van der Waals surface area contributed by atoms with Gasteiger partial charge in [-0.25, -0.2) is 0 Å². The zero-order valence-electron chi connectivity index (χ0n) is 14.7. The van der Waals surface area contributed by atoms with Crippen LogP contribution in [-0.2, 0) is 4.79 Å². The Morgan fingerprint density at radius 1 is 1.15 bits per heavy atom. The molecule has 2 saturated carbocycles. The first kappa shape index (κ1) is 20.2. The molecule has 0 amide bonds. The Morgan fingerprint density at radius 3 is 2.26 bits per heavy atom. The molecule has 1 N–H and O–H groups in total. The van der Waals surface area contributed by atoms with Crippen LogP contribution in [0.5, 0.6) is 0 Å². The van der Waals surface area contributed by atoms with Crippen LogP contribution >= 0.6 is 0 Å². The van der Waals surface area contributed by atoms with E-state index in [9.17, 15) is 31.1 Å². The SMILES string of the molecule is C[C@]12CCCC(=O)C1CC=C2C1(CC#CC(O)(C(F)(F)F)C(F)(F)F)CC1. The molecule has 0 heterocycles. The number of alkyl halides is 6. The highest BCUT2D eigenvalue weighted by atomic mass is 19.4.